The molecule has 5 nitrogen and oxygen atoms in total. The number of fused-ring (bicyclic) bond motifs is 2. The Labute approximate surface area is 139 Å². The lowest BCUT2D eigenvalue weighted by molar-refractivity contribution is 0.0926. The first-order valence-electron chi connectivity index (χ1n) is 8.12. The molecule has 0 N–H and O–H groups in total. The highest BCUT2D eigenvalue weighted by Gasteiger charge is 2.36. The third-order valence-electron chi connectivity index (χ3n) is 4.50. The van der Waals surface area contributed by atoms with Crippen molar-refractivity contribution in [1.82, 2.24) is 9.55 Å². The minimum Gasteiger partial charge on any atom is -0.328 e. The van der Waals surface area contributed by atoms with E-state index in [1.165, 1.54) is 4.90 Å². The maximum atomic E-state index is 12.6. The summed E-state index contributed by atoms with van der Waals surface area (Å²) in [5.41, 5.74) is 3.31. The number of carbonyl (C=O) groups is 2. The van der Waals surface area contributed by atoms with Crippen molar-refractivity contribution >= 4 is 28.5 Å². The Bertz CT molecular complexity index is 952. The summed E-state index contributed by atoms with van der Waals surface area (Å²) in [7, 11) is 0. The van der Waals surface area contributed by atoms with Gasteiger partial charge in [0.15, 0.2) is 0 Å². The second-order valence-corrected chi connectivity index (χ2v) is 5.79. The number of hydrogen-bond acceptors (Lipinski definition) is 3. The molecule has 0 fully saturated rings. The molecule has 0 unspecified atom stereocenters. The molecule has 24 heavy (non-hydrogen) atoms. The average Bonchev–Trinajstić information content (AvgIpc) is 3.09. The van der Waals surface area contributed by atoms with Gasteiger partial charge in [0.1, 0.15) is 5.82 Å². The van der Waals surface area contributed by atoms with Crippen LogP contribution in [-0.2, 0) is 13.0 Å². The Morgan fingerprint density at radius 2 is 1.62 bits per heavy atom. The molecule has 0 radical (unpaired) electrons. The molecule has 3 aromatic rings. The van der Waals surface area contributed by atoms with Crippen LogP contribution in [0.3, 0.4) is 0 Å². The van der Waals surface area contributed by atoms with Crippen LogP contribution in [0.4, 0.5) is 5.69 Å². The van der Waals surface area contributed by atoms with E-state index in [9.17, 15) is 9.59 Å². The van der Waals surface area contributed by atoms with Gasteiger partial charge in [-0.1, -0.05) is 19.1 Å². The highest BCUT2D eigenvalue weighted by molar-refractivity contribution is 6.34. The van der Waals surface area contributed by atoms with Crippen LogP contribution in [0, 0.1) is 0 Å². The van der Waals surface area contributed by atoms with E-state index in [1.807, 2.05) is 18.2 Å². The summed E-state index contributed by atoms with van der Waals surface area (Å²) in [5.74, 6) is 0.452. The summed E-state index contributed by atoms with van der Waals surface area (Å²) >= 11 is 0. The number of imide groups is 1. The fraction of sp³-hybridized carbons (Fsp3) is 0.211. The van der Waals surface area contributed by atoms with Gasteiger partial charge in [0.2, 0.25) is 0 Å². The lowest BCUT2D eigenvalue weighted by Gasteiger charge is -2.14. The van der Waals surface area contributed by atoms with Gasteiger partial charge in [0, 0.05) is 13.0 Å². The SMILES string of the molecule is CCc1nc2cc(N3C(=O)c4ccccc4C3=O)ccc2n1CC. The first kappa shape index (κ1) is 14.6. The van der Waals surface area contributed by atoms with Crippen LogP contribution in [0.25, 0.3) is 11.0 Å². The molecule has 1 aliphatic rings. The van der Waals surface area contributed by atoms with Crippen LogP contribution in [0.1, 0.15) is 40.4 Å². The predicted molar refractivity (Wildman–Crippen MR) is 92.4 cm³/mol. The van der Waals surface area contributed by atoms with E-state index >= 15 is 0 Å². The number of carbonyl (C=O) groups excluding carboxylic acids is 2. The van der Waals surface area contributed by atoms with Crippen molar-refractivity contribution in [3.63, 3.8) is 0 Å². The van der Waals surface area contributed by atoms with Crippen molar-refractivity contribution in [3.05, 3.63) is 59.4 Å². The van der Waals surface area contributed by atoms with E-state index in [1.54, 1.807) is 24.3 Å². The van der Waals surface area contributed by atoms with E-state index in [2.05, 4.69) is 23.4 Å². The van der Waals surface area contributed by atoms with E-state index < -0.39 is 0 Å². The lowest BCUT2D eigenvalue weighted by atomic mass is 10.1. The first-order chi connectivity index (χ1) is 11.7. The third-order valence-corrected chi connectivity index (χ3v) is 4.50. The van der Waals surface area contributed by atoms with Gasteiger partial charge in [-0.2, -0.15) is 0 Å². The molecule has 2 aromatic carbocycles. The molecule has 0 saturated carbocycles. The molecule has 4 rings (SSSR count). The molecule has 2 heterocycles. The first-order valence-corrected chi connectivity index (χ1v) is 8.12. The number of anilines is 1. The maximum Gasteiger partial charge on any atom is 0.266 e. The van der Waals surface area contributed by atoms with Crippen molar-refractivity contribution in [3.8, 4) is 0 Å². The van der Waals surface area contributed by atoms with E-state index in [4.69, 9.17) is 0 Å². The van der Waals surface area contributed by atoms with Crippen molar-refractivity contribution in [1.29, 1.82) is 0 Å². The number of aromatic nitrogens is 2. The van der Waals surface area contributed by atoms with Crippen molar-refractivity contribution in [2.45, 2.75) is 26.8 Å². The van der Waals surface area contributed by atoms with Gasteiger partial charge in [0.05, 0.1) is 27.8 Å². The van der Waals surface area contributed by atoms with Crippen LogP contribution < -0.4 is 4.90 Å². The monoisotopic (exact) mass is 319 g/mol. The zero-order valence-electron chi connectivity index (χ0n) is 13.6. The number of benzene rings is 2. The highest BCUT2D eigenvalue weighted by Crippen LogP contribution is 2.30. The zero-order chi connectivity index (χ0) is 16.8. The summed E-state index contributed by atoms with van der Waals surface area (Å²) in [6, 6.07) is 12.5. The van der Waals surface area contributed by atoms with Crippen molar-refractivity contribution in [2.24, 2.45) is 0 Å². The van der Waals surface area contributed by atoms with E-state index in [0.29, 0.717) is 16.8 Å². The summed E-state index contributed by atoms with van der Waals surface area (Å²) in [6.45, 7) is 4.99. The van der Waals surface area contributed by atoms with Gasteiger partial charge in [-0.3, -0.25) is 9.59 Å². The normalized spacial score (nSPS) is 13.8. The maximum absolute atomic E-state index is 12.6. The fourth-order valence-corrected chi connectivity index (χ4v) is 3.35. The zero-order valence-corrected chi connectivity index (χ0v) is 13.6. The van der Waals surface area contributed by atoms with Crippen LogP contribution in [0.15, 0.2) is 42.5 Å². The van der Waals surface area contributed by atoms with Gasteiger partial charge >= 0.3 is 0 Å². The second-order valence-electron chi connectivity index (χ2n) is 5.79. The molecule has 0 aliphatic carbocycles. The highest BCUT2D eigenvalue weighted by atomic mass is 16.2. The van der Waals surface area contributed by atoms with Crippen LogP contribution in [-0.4, -0.2) is 21.4 Å². The molecule has 0 spiro atoms. The summed E-state index contributed by atoms with van der Waals surface area (Å²) in [5, 5.41) is 0. The third kappa shape index (κ3) is 1.91. The van der Waals surface area contributed by atoms with Gasteiger partial charge in [-0.15, -0.1) is 0 Å². The summed E-state index contributed by atoms with van der Waals surface area (Å²) in [4.78, 5) is 31.1. The number of imidazole rings is 1. The fourth-order valence-electron chi connectivity index (χ4n) is 3.35. The number of nitrogens with zero attached hydrogens (tertiary/aromatic N) is 3. The number of aryl methyl sites for hydroxylation is 2. The molecule has 0 bridgehead atoms. The Hall–Kier alpha value is -2.95. The molecule has 2 amide bonds. The molecule has 5 heteroatoms. The van der Waals surface area contributed by atoms with Crippen LogP contribution >= 0.6 is 0 Å². The number of rotatable bonds is 3. The Morgan fingerprint density at radius 1 is 0.958 bits per heavy atom. The summed E-state index contributed by atoms with van der Waals surface area (Å²) in [6.07, 6.45) is 0.838. The molecular formula is C19H17N3O2. The molecule has 120 valence electrons. The minimum absolute atomic E-state index is 0.277. The van der Waals surface area contributed by atoms with Gasteiger partial charge in [0.25, 0.3) is 11.8 Å². The number of hydrogen-bond donors (Lipinski definition) is 0. The van der Waals surface area contributed by atoms with E-state index in [-0.39, 0.29) is 11.8 Å². The Balaban J connectivity index is 1.84. The number of amides is 2. The average molecular weight is 319 g/mol. The molecular weight excluding hydrogens is 302 g/mol. The van der Waals surface area contributed by atoms with Gasteiger partial charge in [-0.05, 0) is 37.3 Å². The van der Waals surface area contributed by atoms with E-state index in [0.717, 1.165) is 29.8 Å². The van der Waals surface area contributed by atoms with Crippen LogP contribution in [0.2, 0.25) is 0 Å². The predicted octanol–water partition coefficient (Wildman–Crippen LogP) is 3.42. The lowest BCUT2D eigenvalue weighted by Crippen LogP contribution is -2.29. The Morgan fingerprint density at radius 3 is 2.21 bits per heavy atom. The standard InChI is InChI=1S/C19H17N3O2/c1-3-17-20-15-11-12(9-10-16(15)21(17)4-2)22-18(23)13-7-5-6-8-14(13)19(22)24/h5-11H,3-4H2,1-2H3. The van der Waals surface area contributed by atoms with Crippen LogP contribution in [0.5, 0.6) is 0 Å². The molecule has 1 aromatic heterocycles. The topological polar surface area (TPSA) is 55.2 Å². The molecule has 1 aliphatic heterocycles. The largest absolute Gasteiger partial charge is 0.328 e. The smallest absolute Gasteiger partial charge is 0.266 e. The quantitative estimate of drug-likeness (QED) is 0.695. The van der Waals surface area contributed by atoms with Gasteiger partial charge < -0.3 is 4.57 Å². The van der Waals surface area contributed by atoms with Gasteiger partial charge in [-0.25, -0.2) is 9.88 Å². The summed E-state index contributed by atoms with van der Waals surface area (Å²) < 4.78 is 2.15. The molecule has 0 saturated heterocycles. The van der Waals surface area contributed by atoms with Crippen molar-refractivity contribution in [2.75, 3.05) is 4.90 Å². The molecule has 0 atom stereocenters. The Kier molecular flexibility index (Phi) is 3.23. The minimum atomic E-state index is -0.277. The van der Waals surface area contributed by atoms with Crippen molar-refractivity contribution < 1.29 is 9.59 Å². The second kappa shape index (κ2) is 5.30.